The Morgan fingerprint density at radius 1 is 1.35 bits per heavy atom. The molecule has 0 aliphatic rings. The first-order valence-corrected chi connectivity index (χ1v) is 7.45. The summed E-state index contributed by atoms with van der Waals surface area (Å²) in [7, 11) is -4.25. The average Bonchev–Trinajstić information content (AvgIpc) is 2.27. The van der Waals surface area contributed by atoms with E-state index in [9.17, 15) is 17.6 Å². The van der Waals surface area contributed by atoms with Crippen LogP contribution in [0.25, 0.3) is 0 Å². The van der Waals surface area contributed by atoms with Gasteiger partial charge in [-0.1, -0.05) is 26.8 Å². The highest BCUT2D eigenvalue weighted by atomic mass is 32.2. The number of rotatable bonds is 4. The molecule has 5 nitrogen and oxygen atoms in total. The van der Waals surface area contributed by atoms with Gasteiger partial charge in [-0.25, -0.2) is 12.8 Å². The monoisotopic (exact) mass is 303 g/mol. The summed E-state index contributed by atoms with van der Waals surface area (Å²) in [6.45, 7) is 6.37. The Labute approximate surface area is 117 Å². The molecule has 1 aromatic carbocycles. The summed E-state index contributed by atoms with van der Waals surface area (Å²) in [6.07, 6.45) is 0. The van der Waals surface area contributed by atoms with Gasteiger partial charge in [0, 0.05) is 0 Å². The van der Waals surface area contributed by atoms with E-state index in [0.29, 0.717) is 5.56 Å². The van der Waals surface area contributed by atoms with E-state index in [4.69, 9.17) is 5.11 Å². The van der Waals surface area contributed by atoms with Gasteiger partial charge in [-0.15, -0.1) is 0 Å². The number of aliphatic carboxylic acids is 1. The zero-order valence-electron chi connectivity index (χ0n) is 11.8. The van der Waals surface area contributed by atoms with Crippen molar-refractivity contribution in [3.8, 4) is 0 Å². The summed E-state index contributed by atoms with van der Waals surface area (Å²) in [6, 6.07) is 2.29. The maximum Gasteiger partial charge on any atom is 0.322 e. The Morgan fingerprint density at radius 2 is 1.90 bits per heavy atom. The van der Waals surface area contributed by atoms with Crippen LogP contribution in [0.4, 0.5) is 4.39 Å². The predicted octanol–water partition coefficient (Wildman–Crippen LogP) is 1.91. The van der Waals surface area contributed by atoms with Crippen LogP contribution >= 0.6 is 0 Å². The van der Waals surface area contributed by atoms with Crippen LogP contribution in [0, 0.1) is 18.2 Å². The fraction of sp³-hybridized carbons (Fsp3) is 0.462. The molecule has 7 heteroatoms. The van der Waals surface area contributed by atoms with Crippen LogP contribution in [-0.4, -0.2) is 25.5 Å². The third kappa shape index (κ3) is 3.77. The Morgan fingerprint density at radius 3 is 2.35 bits per heavy atom. The molecule has 1 aromatic rings. The molecule has 0 saturated heterocycles. The van der Waals surface area contributed by atoms with Crippen molar-refractivity contribution in [1.29, 1.82) is 0 Å². The summed E-state index contributed by atoms with van der Waals surface area (Å²) < 4.78 is 40.0. The smallest absolute Gasteiger partial charge is 0.322 e. The number of aryl methyl sites for hydroxylation is 1. The third-order valence-corrected chi connectivity index (χ3v) is 4.20. The largest absolute Gasteiger partial charge is 0.480 e. The number of halogens is 1. The molecule has 0 spiro atoms. The first-order valence-electron chi connectivity index (χ1n) is 5.96. The lowest BCUT2D eigenvalue weighted by molar-refractivity contribution is -0.141. The number of hydrogen-bond acceptors (Lipinski definition) is 3. The lowest BCUT2D eigenvalue weighted by atomic mass is 9.88. The fourth-order valence-corrected chi connectivity index (χ4v) is 3.19. The van der Waals surface area contributed by atoms with Crippen molar-refractivity contribution in [2.45, 2.75) is 38.6 Å². The second kappa shape index (κ2) is 5.49. The maximum absolute atomic E-state index is 13.6. The van der Waals surface area contributed by atoms with E-state index in [1.807, 2.05) is 4.72 Å². The fourth-order valence-electron chi connectivity index (χ4n) is 1.63. The molecular weight excluding hydrogens is 285 g/mol. The first-order chi connectivity index (χ1) is 8.95. The quantitative estimate of drug-likeness (QED) is 0.890. The molecule has 0 unspecified atom stereocenters. The summed E-state index contributed by atoms with van der Waals surface area (Å²) in [5, 5.41) is 9.12. The van der Waals surface area contributed by atoms with Gasteiger partial charge in [0.25, 0.3) is 0 Å². The zero-order valence-corrected chi connectivity index (χ0v) is 12.6. The van der Waals surface area contributed by atoms with Crippen LogP contribution in [0.1, 0.15) is 26.3 Å². The second-order valence-electron chi connectivity index (χ2n) is 5.69. The highest BCUT2D eigenvalue weighted by Gasteiger charge is 2.36. The number of carbonyl (C=O) groups is 1. The Bertz CT molecular complexity index is 620. The lowest BCUT2D eigenvalue weighted by Crippen LogP contribution is -2.49. The van der Waals surface area contributed by atoms with E-state index in [0.717, 1.165) is 6.07 Å². The minimum absolute atomic E-state index is 0.548. The van der Waals surface area contributed by atoms with E-state index in [1.54, 1.807) is 27.7 Å². The molecule has 1 atom stereocenters. The van der Waals surface area contributed by atoms with E-state index in [-0.39, 0.29) is 0 Å². The summed E-state index contributed by atoms with van der Waals surface area (Å²) in [5.41, 5.74) is -0.284. The molecule has 0 amide bonds. The van der Waals surface area contributed by atoms with Gasteiger partial charge in [-0.3, -0.25) is 4.79 Å². The van der Waals surface area contributed by atoms with Crippen molar-refractivity contribution in [3.63, 3.8) is 0 Å². The standard InChI is InChI=1S/C13H18FNO4S/c1-8-5-6-9(14)10(7-8)20(18,19)15-11(12(16)17)13(2,3)4/h5-7,11,15H,1-4H3,(H,16,17)/t11-/m0/s1. The summed E-state index contributed by atoms with van der Waals surface area (Å²) >= 11 is 0. The molecule has 112 valence electrons. The Balaban J connectivity index is 3.24. The van der Waals surface area contributed by atoms with E-state index in [1.165, 1.54) is 12.1 Å². The molecule has 0 aromatic heterocycles. The number of nitrogens with one attached hydrogen (secondary N) is 1. The van der Waals surface area contributed by atoms with Crippen LogP contribution in [0.5, 0.6) is 0 Å². The van der Waals surface area contributed by atoms with E-state index < -0.39 is 38.2 Å². The highest BCUT2D eigenvalue weighted by molar-refractivity contribution is 7.89. The second-order valence-corrected chi connectivity index (χ2v) is 7.37. The normalized spacial score (nSPS) is 14.1. The van der Waals surface area contributed by atoms with Crippen molar-refractivity contribution < 1.29 is 22.7 Å². The van der Waals surface area contributed by atoms with Crippen LogP contribution in [-0.2, 0) is 14.8 Å². The molecule has 1 rings (SSSR count). The van der Waals surface area contributed by atoms with Crippen molar-refractivity contribution in [2.75, 3.05) is 0 Å². The van der Waals surface area contributed by atoms with Gasteiger partial charge in [-0.2, -0.15) is 4.72 Å². The minimum atomic E-state index is -4.25. The Kier molecular flexibility index (Phi) is 4.55. The van der Waals surface area contributed by atoms with Gasteiger partial charge >= 0.3 is 5.97 Å². The maximum atomic E-state index is 13.6. The van der Waals surface area contributed by atoms with Crippen molar-refractivity contribution in [2.24, 2.45) is 5.41 Å². The molecule has 0 saturated carbocycles. The van der Waals surface area contributed by atoms with Gasteiger partial charge in [0.05, 0.1) is 0 Å². The van der Waals surface area contributed by atoms with Crippen molar-refractivity contribution in [1.82, 2.24) is 4.72 Å². The van der Waals surface area contributed by atoms with Gasteiger partial charge in [0.2, 0.25) is 10.0 Å². The molecule has 0 radical (unpaired) electrons. The van der Waals surface area contributed by atoms with Crippen LogP contribution in [0.2, 0.25) is 0 Å². The molecule has 0 aliphatic carbocycles. The van der Waals surface area contributed by atoms with Crippen LogP contribution < -0.4 is 4.72 Å². The SMILES string of the molecule is Cc1ccc(F)c(S(=O)(=O)N[C@@H](C(=O)O)C(C)(C)C)c1. The molecule has 0 bridgehead atoms. The number of sulfonamides is 1. The highest BCUT2D eigenvalue weighted by Crippen LogP contribution is 2.23. The molecule has 0 aliphatic heterocycles. The van der Waals surface area contributed by atoms with Gasteiger partial charge < -0.3 is 5.11 Å². The van der Waals surface area contributed by atoms with Gasteiger partial charge in [0.15, 0.2) is 0 Å². The minimum Gasteiger partial charge on any atom is -0.480 e. The summed E-state index contributed by atoms with van der Waals surface area (Å²) in [4.78, 5) is 10.6. The molecule has 0 fully saturated rings. The van der Waals surface area contributed by atoms with Crippen LogP contribution in [0.3, 0.4) is 0 Å². The average molecular weight is 303 g/mol. The number of hydrogen-bond donors (Lipinski definition) is 2. The molecule has 20 heavy (non-hydrogen) atoms. The van der Waals surface area contributed by atoms with Crippen molar-refractivity contribution >= 4 is 16.0 Å². The number of benzene rings is 1. The van der Waals surface area contributed by atoms with Gasteiger partial charge in [0.1, 0.15) is 16.8 Å². The van der Waals surface area contributed by atoms with Crippen molar-refractivity contribution in [3.05, 3.63) is 29.6 Å². The first kappa shape index (κ1) is 16.6. The lowest BCUT2D eigenvalue weighted by Gasteiger charge is -2.27. The molecule has 0 heterocycles. The summed E-state index contributed by atoms with van der Waals surface area (Å²) in [5.74, 6) is -2.23. The number of carboxylic acid groups (broad SMARTS) is 1. The Hall–Kier alpha value is -1.47. The van der Waals surface area contributed by atoms with E-state index >= 15 is 0 Å². The topological polar surface area (TPSA) is 83.5 Å². The van der Waals surface area contributed by atoms with E-state index in [2.05, 4.69) is 0 Å². The third-order valence-electron chi connectivity index (χ3n) is 2.76. The zero-order chi connectivity index (χ0) is 15.7. The molecular formula is C13H18FNO4S. The molecule has 2 N–H and O–H groups in total. The predicted molar refractivity (Wildman–Crippen MR) is 72.3 cm³/mol. The van der Waals surface area contributed by atoms with Crippen LogP contribution in [0.15, 0.2) is 23.1 Å². The van der Waals surface area contributed by atoms with Gasteiger partial charge in [-0.05, 0) is 30.0 Å². The number of carboxylic acids is 1.